The van der Waals surface area contributed by atoms with Gasteiger partial charge in [0.2, 0.25) is 5.91 Å². The van der Waals surface area contributed by atoms with Crippen molar-refractivity contribution < 1.29 is 19.5 Å². The minimum absolute atomic E-state index is 0.0704. The molecule has 2 fully saturated rings. The minimum atomic E-state index is -0.973. The van der Waals surface area contributed by atoms with Crippen LogP contribution in [0.1, 0.15) is 32.1 Å². The molecule has 2 rings (SSSR count). The third kappa shape index (κ3) is 3.84. The van der Waals surface area contributed by atoms with Crippen molar-refractivity contribution in [3.05, 3.63) is 0 Å². The number of rotatable bonds is 5. The molecule has 3 amide bonds. The number of carbonyl (C=O) groups excluding carboxylic acids is 2. The number of aliphatic carboxylic acids is 1. The molecule has 0 radical (unpaired) electrons. The molecule has 3 N–H and O–H groups in total. The van der Waals surface area contributed by atoms with E-state index in [0.717, 1.165) is 12.8 Å². The maximum Gasteiger partial charge on any atom is 0.326 e. The highest BCUT2D eigenvalue weighted by molar-refractivity contribution is 5.83. The predicted octanol–water partition coefficient (Wildman–Crippen LogP) is -0.0863. The molecule has 106 valence electrons. The molecule has 0 aromatic carbocycles. The van der Waals surface area contributed by atoms with Crippen LogP contribution in [0.5, 0.6) is 0 Å². The second-order valence-electron chi connectivity index (χ2n) is 5.01. The van der Waals surface area contributed by atoms with E-state index in [1.165, 1.54) is 4.90 Å². The normalized spacial score (nSPS) is 22.1. The Balaban J connectivity index is 1.68. The average molecular weight is 269 g/mol. The Morgan fingerprint density at radius 1 is 1.21 bits per heavy atom. The van der Waals surface area contributed by atoms with Crippen molar-refractivity contribution in [1.82, 2.24) is 15.5 Å². The number of urea groups is 1. The molecule has 19 heavy (non-hydrogen) atoms. The second-order valence-corrected chi connectivity index (χ2v) is 5.01. The second kappa shape index (κ2) is 5.90. The summed E-state index contributed by atoms with van der Waals surface area (Å²) in [5.74, 6) is -1.04. The first-order chi connectivity index (χ1) is 9.08. The van der Waals surface area contributed by atoms with Crippen molar-refractivity contribution in [2.75, 3.05) is 13.1 Å². The van der Waals surface area contributed by atoms with Crippen molar-refractivity contribution >= 4 is 17.9 Å². The van der Waals surface area contributed by atoms with Crippen LogP contribution in [0.2, 0.25) is 0 Å². The molecule has 0 bridgehead atoms. The molecule has 0 aromatic heterocycles. The van der Waals surface area contributed by atoms with Gasteiger partial charge in [-0.1, -0.05) is 0 Å². The van der Waals surface area contributed by atoms with Crippen LogP contribution in [0, 0.1) is 0 Å². The Morgan fingerprint density at radius 2 is 1.95 bits per heavy atom. The summed E-state index contributed by atoms with van der Waals surface area (Å²) >= 11 is 0. The third-order valence-electron chi connectivity index (χ3n) is 3.37. The van der Waals surface area contributed by atoms with E-state index in [4.69, 9.17) is 5.11 Å². The van der Waals surface area contributed by atoms with Gasteiger partial charge in [0.05, 0.1) is 0 Å². The summed E-state index contributed by atoms with van der Waals surface area (Å²) in [6.07, 6.45) is 3.49. The lowest BCUT2D eigenvalue weighted by Crippen LogP contribution is -2.46. The van der Waals surface area contributed by atoms with Gasteiger partial charge in [-0.3, -0.25) is 4.79 Å². The van der Waals surface area contributed by atoms with Gasteiger partial charge in [-0.15, -0.1) is 0 Å². The first-order valence-electron chi connectivity index (χ1n) is 6.64. The van der Waals surface area contributed by atoms with Gasteiger partial charge in [0.1, 0.15) is 6.04 Å². The Bertz CT molecular complexity index is 381. The highest BCUT2D eigenvalue weighted by Gasteiger charge is 2.33. The zero-order chi connectivity index (χ0) is 13.8. The fourth-order valence-corrected chi connectivity index (χ4v) is 2.18. The highest BCUT2D eigenvalue weighted by atomic mass is 16.4. The molecular formula is C12H19N3O4. The number of likely N-dealkylation sites (tertiary alicyclic amines) is 1. The summed E-state index contributed by atoms with van der Waals surface area (Å²) in [6, 6.07) is -0.817. The summed E-state index contributed by atoms with van der Waals surface area (Å²) in [6.45, 7) is 0.692. The van der Waals surface area contributed by atoms with Gasteiger partial charge in [-0.05, 0) is 25.7 Å². The number of nitrogens with zero attached hydrogens (tertiary/aromatic N) is 1. The maximum atomic E-state index is 11.8. The van der Waals surface area contributed by atoms with Gasteiger partial charge in [0, 0.05) is 25.6 Å². The van der Waals surface area contributed by atoms with E-state index in [-0.39, 0.29) is 18.9 Å². The summed E-state index contributed by atoms with van der Waals surface area (Å²) in [5.41, 5.74) is 0. The third-order valence-corrected chi connectivity index (χ3v) is 3.37. The van der Waals surface area contributed by atoms with Gasteiger partial charge < -0.3 is 20.6 Å². The van der Waals surface area contributed by atoms with Crippen molar-refractivity contribution in [2.45, 2.75) is 44.2 Å². The Hall–Kier alpha value is -1.79. The average Bonchev–Trinajstić information content (AvgIpc) is 3.01. The summed E-state index contributed by atoms with van der Waals surface area (Å²) in [4.78, 5) is 35.5. The molecule has 0 unspecified atom stereocenters. The van der Waals surface area contributed by atoms with E-state index in [2.05, 4.69) is 10.6 Å². The molecule has 1 heterocycles. The molecule has 1 saturated carbocycles. The van der Waals surface area contributed by atoms with Crippen molar-refractivity contribution in [2.24, 2.45) is 0 Å². The smallest absolute Gasteiger partial charge is 0.326 e. The van der Waals surface area contributed by atoms with Crippen molar-refractivity contribution in [3.8, 4) is 0 Å². The van der Waals surface area contributed by atoms with Gasteiger partial charge in [0.25, 0.3) is 0 Å². The zero-order valence-electron chi connectivity index (χ0n) is 10.7. The highest BCUT2D eigenvalue weighted by Crippen LogP contribution is 2.18. The van der Waals surface area contributed by atoms with Crippen LogP contribution < -0.4 is 10.6 Å². The SMILES string of the molecule is O=C(CCNC(=O)N1CCC[C@@H]1C(=O)O)NC1CC1. The fraction of sp³-hybridized carbons (Fsp3) is 0.750. The number of carboxylic acids is 1. The van der Waals surface area contributed by atoms with Gasteiger partial charge in [0.15, 0.2) is 0 Å². The molecule has 7 nitrogen and oxygen atoms in total. The lowest BCUT2D eigenvalue weighted by molar-refractivity contribution is -0.141. The first-order valence-corrected chi connectivity index (χ1v) is 6.64. The van der Waals surface area contributed by atoms with Crippen molar-refractivity contribution in [1.29, 1.82) is 0 Å². The van der Waals surface area contributed by atoms with Crippen LogP contribution in [-0.4, -0.2) is 53.1 Å². The number of amides is 3. The molecule has 1 aliphatic heterocycles. The number of carbonyl (C=O) groups is 3. The molecule has 0 aromatic rings. The quantitative estimate of drug-likeness (QED) is 0.649. The van der Waals surface area contributed by atoms with Crippen LogP contribution >= 0.6 is 0 Å². The monoisotopic (exact) mass is 269 g/mol. The van der Waals surface area contributed by atoms with Crippen LogP contribution in [0.15, 0.2) is 0 Å². The van der Waals surface area contributed by atoms with E-state index in [0.29, 0.717) is 25.4 Å². The first kappa shape index (κ1) is 13.6. The number of nitrogens with one attached hydrogen (secondary N) is 2. The van der Waals surface area contributed by atoms with Crippen LogP contribution in [0.4, 0.5) is 4.79 Å². The molecular weight excluding hydrogens is 250 g/mol. The van der Waals surface area contributed by atoms with E-state index < -0.39 is 18.0 Å². The Morgan fingerprint density at radius 3 is 2.58 bits per heavy atom. The predicted molar refractivity (Wildman–Crippen MR) is 66.5 cm³/mol. The van der Waals surface area contributed by atoms with E-state index >= 15 is 0 Å². The van der Waals surface area contributed by atoms with Crippen LogP contribution in [0.3, 0.4) is 0 Å². The number of hydrogen-bond donors (Lipinski definition) is 3. The maximum absolute atomic E-state index is 11.8. The van der Waals surface area contributed by atoms with Crippen LogP contribution in [-0.2, 0) is 9.59 Å². The summed E-state index contributed by atoms with van der Waals surface area (Å²) in [7, 11) is 0. The van der Waals surface area contributed by atoms with Gasteiger partial charge in [-0.25, -0.2) is 9.59 Å². The topological polar surface area (TPSA) is 98.7 Å². The molecule has 1 aliphatic carbocycles. The van der Waals surface area contributed by atoms with E-state index in [1.54, 1.807) is 0 Å². The van der Waals surface area contributed by atoms with E-state index in [1.807, 2.05) is 0 Å². The standard InChI is InChI=1S/C12H19N3O4/c16-10(14-8-3-4-8)5-6-13-12(19)15-7-1-2-9(15)11(17)18/h8-9H,1-7H2,(H,13,19)(H,14,16)(H,17,18)/t9-/m1/s1. The van der Waals surface area contributed by atoms with Crippen molar-refractivity contribution in [3.63, 3.8) is 0 Å². The number of hydrogen-bond acceptors (Lipinski definition) is 3. The minimum Gasteiger partial charge on any atom is -0.480 e. The lowest BCUT2D eigenvalue weighted by Gasteiger charge is -2.21. The van der Waals surface area contributed by atoms with Gasteiger partial charge >= 0.3 is 12.0 Å². The zero-order valence-corrected chi connectivity index (χ0v) is 10.7. The Labute approximate surface area is 111 Å². The Kier molecular flexibility index (Phi) is 4.24. The summed E-state index contributed by atoms with van der Waals surface area (Å²) < 4.78 is 0. The largest absolute Gasteiger partial charge is 0.480 e. The molecule has 1 saturated heterocycles. The van der Waals surface area contributed by atoms with Crippen LogP contribution in [0.25, 0.3) is 0 Å². The lowest BCUT2D eigenvalue weighted by atomic mass is 10.2. The molecule has 2 aliphatic rings. The number of carboxylic acid groups (broad SMARTS) is 1. The van der Waals surface area contributed by atoms with Gasteiger partial charge in [-0.2, -0.15) is 0 Å². The summed E-state index contributed by atoms with van der Waals surface area (Å²) in [5, 5.41) is 14.4. The van der Waals surface area contributed by atoms with E-state index in [9.17, 15) is 14.4 Å². The fourth-order valence-electron chi connectivity index (χ4n) is 2.18. The molecule has 1 atom stereocenters. The molecule has 7 heteroatoms. The molecule has 0 spiro atoms.